The molecule has 8 heteroatoms. The van der Waals surface area contributed by atoms with Gasteiger partial charge < -0.3 is 4.74 Å². The van der Waals surface area contributed by atoms with Crippen molar-refractivity contribution in [1.29, 1.82) is 0 Å². The molecule has 1 N–H and O–H groups in total. The number of nitrogens with one attached hydrogen (secondary N) is 1. The summed E-state index contributed by atoms with van der Waals surface area (Å²) >= 11 is 18.1. The molecule has 2 rings (SSSR count). The summed E-state index contributed by atoms with van der Waals surface area (Å²) in [4.78, 5) is 28.1. The van der Waals surface area contributed by atoms with E-state index in [0.29, 0.717) is 5.02 Å². The summed E-state index contributed by atoms with van der Waals surface area (Å²) in [6.07, 6.45) is 1.24. The van der Waals surface area contributed by atoms with E-state index in [-0.39, 0.29) is 28.5 Å². The van der Waals surface area contributed by atoms with Crippen LogP contribution in [0.15, 0.2) is 52.2 Å². The van der Waals surface area contributed by atoms with Gasteiger partial charge in [-0.1, -0.05) is 35.3 Å². The average molecular weight is 389 g/mol. The van der Waals surface area contributed by atoms with E-state index in [4.69, 9.17) is 39.6 Å². The molecule has 1 unspecified atom stereocenters. The van der Waals surface area contributed by atoms with Crippen molar-refractivity contribution in [1.82, 2.24) is 5.48 Å². The molecule has 0 amide bonds. The molecule has 1 atom stereocenters. The number of alkyl halides is 1. The number of benzene rings is 1. The van der Waals surface area contributed by atoms with Crippen LogP contribution < -0.4 is 5.48 Å². The standard InChI is InChI=1S/C16H12Cl3NO4/c1-23-16(22)12-6-10(7-21)13(18)15(14(12)19)20-24-8-9-2-4-11(17)5-3-9/h2-6,13,20H,8H2,1H3. The summed E-state index contributed by atoms with van der Waals surface area (Å²) < 4.78 is 4.63. The lowest BCUT2D eigenvalue weighted by molar-refractivity contribution is -0.135. The highest BCUT2D eigenvalue weighted by Crippen LogP contribution is 2.33. The Hall–Kier alpha value is -1.75. The van der Waals surface area contributed by atoms with Gasteiger partial charge in [-0.05, 0) is 23.8 Å². The molecule has 0 heterocycles. The third-order valence-corrected chi connectivity index (χ3v) is 4.27. The van der Waals surface area contributed by atoms with Crippen molar-refractivity contribution >= 4 is 46.7 Å². The molecule has 0 bridgehead atoms. The molecular weight excluding hydrogens is 377 g/mol. The van der Waals surface area contributed by atoms with Crippen LogP contribution in [-0.2, 0) is 25.8 Å². The fourth-order valence-corrected chi connectivity index (χ4v) is 2.64. The molecule has 1 aromatic carbocycles. The van der Waals surface area contributed by atoms with E-state index < -0.39 is 11.3 Å². The van der Waals surface area contributed by atoms with Crippen LogP contribution in [0.2, 0.25) is 5.02 Å². The summed E-state index contributed by atoms with van der Waals surface area (Å²) in [7, 11) is 1.20. The van der Waals surface area contributed by atoms with Gasteiger partial charge in [0.25, 0.3) is 0 Å². The number of hydrogen-bond donors (Lipinski definition) is 1. The van der Waals surface area contributed by atoms with Gasteiger partial charge in [0.1, 0.15) is 11.3 Å². The summed E-state index contributed by atoms with van der Waals surface area (Å²) in [6.45, 7) is 0.186. The number of ether oxygens (including phenoxy) is 1. The number of esters is 1. The number of rotatable bonds is 5. The normalized spacial score (nSPS) is 17.2. The minimum absolute atomic E-state index is 0.00740. The van der Waals surface area contributed by atoms with Gasteiger partial charge in [0.15, 0.2) is 0 Å². The summed E-state index contributed by atoms with van der Waals surface area (Å²) in [6, 6.07) is 7.02. The van der Waals surface area contributed by atoms with Crippen molar-refractivity contribution < 1.29 is 19.2 Å². The van der Waals surface area contributed by atoms with E-state index in [1.54, 1.807) is 30.2 Å². The lowest BCUT2D eigenvalue weighted by atomic mass is 10.00. The van der Waals surface area contributed by atoms with Gasteiger partial charge in [0.05, 0.1) is 35.6 Å². The lowest BCUT2D eigenvalue weighted by Crippen LogP contribution is -2.28. The smallest absolute Gasteiger partial charge is 0.339 e. The van der Waals surface area contributed by atoms with Crippen LogP contribution >= 0.6 is 34.8 Å². The van der Waals surface area contributed by atoms with Crippen molar-refractivity contribution in [3.05, 3.63) is 62.8 Å². The first-order valence-electron chi connectivity index (χ1n) is 6.69. The third-order valence-electron chi connectivity index (χ3n) is 3.16. The molecule has 0 aliphatic heterocycles. The zero-order valence-electron chi connectivity index (χ0n) is 12.4. The van der Waals surface area contributed by atoms with E-state index in [9.17, 15) is 9.59 Å². The van der Waals surface area contributed by atoms with Crippen LogP contribution in [0.4, 0.5) is 0 Å². The number of allylic oxidation sites excluding steroid dienone is 2. The predicted molar refractivity (Wildman–Crippen MR) is 91.2 cm³/mol. The molecule has 0 saturated carbocycles. The Morgan fingerprint density at radius 1 is 1.29 bits per heavy atom. The monoisotopic (exact) mass is 387 g/mol. The topological polar surface area (TPSA) is 64.6 Å². The maximum atomic E-state index is 11.7. The highest BCUT2D eigenvalue weighted by molar-refractivity contribution is 6.37. The second-order valence-electron chi connectivity index (χ2n) is 4.71. The molecular formula is C16H12Cl3NO4. The molecule has 24 heavy (non-hydrogen) atoms. The molecule has 0 radical (unpaired) electrons. The quantitative estimate of drug-likeness (QED) is 0.363. The second kappa shape index (κ2) is 8.38. The fraction of sp³-hybridized carbons (Fsp3) is 0.188. The SMILES string of the molecule is COC(=O)C1=CC(=C=O)C(Cl)C(NOCc2ccc(Cl)cc2)=C1Cl. The van der Waals surface area contributed by atoms with Gasteiger partial charge in [-0.2, -0.15) is 0 Å². The second-order valence-corrected chi connectivity index (χ2v) is 5.97. The van der Waals surface area contributed by atoms with Crippen LogP contribution in [0.25, 0.3) is 0 Å². The van der Waals surface area contributed by atoms with Crippen molar-refractivity contribution in [3.8, 4) is 0 Å². The number of methoxy groups -OCH3 is 1. The van der Waals surface area contributed by atoms with Gasteiger partial charge in [-0.15, -0.1) is 11.6 Å². The van der Waals surface area contributed by atoms with Crippen LogP contribution in [0.3, 0.4) is 0 Å². The highest BCUT2D eigenvalue weighted by Gasteiger charge is 2.30. The number of hydrogen-bond acceptors (Lipinski definition) is 5. The maximum Gasteiger partial charge on any atom is 0.339 e. The molecule has 0 spiro atoms. The Morgan fingerprint density at radius 3 is 2.54 bits per heavy atom. The van der Waals surface area contributed by atoms with Gasteiger partial charge in [0, 0.05) is 5.02 Å². The van der Waals surface area contributed by atoms with Crippen molar-refractivity contribution in [2.24, 2.45) is 0 Å². The Bertz CT molecular complexity index is 749. The number of hydroxylamine groups is 1. The van der Waals surface area contributed by atoms with Crippen LogP contribution in [-0.4, -0.2) is 24.4 Å². The minimum Gasteiger partial charge on any atom is -0.465 e. The number of carbonyl (C=O) groups excluding carboxylic acids is 2. The molecule has 0 aromatic heterocycles. The largest absolute Gasteiger partial charge is 0.465 e. The van der Waals surface area contributed by atoms with Crippen LogP contribution in [0.5, 0.6) is 0 Å². The third kappa shape index (κ3) is 4.20. The number of carbonyl (C=O) groups is 1. The van der Waals surface area contributed by atoms with E-state index >= 15 is 0 Å². The van der Waals surface area contributed by atoms with Crippen molar-refractivity contribution in [2.75, 3.05) is 7.11 Å². The number of halogens is 3. The van der Waals surface area contributed by atoms with Crippen molar-refractivity contribution in [2.45, 2.75) is 12.0 Å². The Kier molecular flexibility index (Phi) is 6.49. The van der Waals surface area contributed by atoms with Crippen molar-refractivity contribution in [3.63, 3.8) is 0 Å². The van der Waals surface area contributed by atoms with Gasteiger partial charge in [-0.3, -0.25) is 10.3 Å². The lowest BCUT2D eigenvalue weighted by Gasteiger charge is -2.22. The molecule has 0 saturated heterocycles. The van der Waals surface area contributed by atoms with E-state index in [1.807, 2.05) is 0 Å². The Morgan fingerprint density at radius 2 is 1.96 bits per heavy atom. The van der Waals surface area contributed by atoms with E-state index in [0.717, 1.165) is 5.56 Å². The Balaban J connectivity index is 2.16. The molecule has 0 fully saturated rings. The predicted octanol–water partition coefficient (Wildman–Crippen LogP) is 3.29. The van der Waals surface area contributed by atoms with Crippen LogP contribution in [0, 0.1) is 0 Å². The summed E-state index contributed by atoms with van der Waals surface area (Å²) in [5, 5.41) is -0.301. The molecule has 5 nitrogen and oxygen atoms in total. The first-order chi connectivity index (χ1) is 11.5. The Labute approximate surface area is 153 Å². The minimum atomic E-state index is -0.923. The highest BCUT2D eigenvalue weighted by atomic mass is 35.5. The van der Waals surface area contributed by atoms with E-state index in [1.165, 1.54) is 13.2 Å². The average Bonchev–Trinajstić information content (AvgIpc) is 2.59. The van der Waals surface area contributed by atoms with Gasteiger partial charge in [0.2, 0.25) is 0 Å². The summed E-state index contributed by atoms with van der Waals surface area (Å²) in [5.74, 6) is 0.974. The molecule has 1 aliphatic rings. The molecule has 126 valence electrons. The zero-order chi connectivity index (χ0) is 17.7. The first-order valence-corrected chi connectivity index (χ1v) is 7.88. The molecule has 1 aliphatic carbocycles. The first kappa shape index (κ1) is 18.6. The van der Waals surface area contributed by atoms with E-state index in [2.05, 4.69) is 10.2 Å². The molecule has 1 aromatic rings. The van der Waals surface area contributed by atoms with Crippen LogP contribution in [0.1, 0.15) is 5.56 Å². The maximum absolute atomic E-state index is 11.7. The van der Waals surface area contributed by atoms with Gasteiger partial charge in [-0.25, -0.2) is 9.59 Å². The van der Waals surface area contributed by atoms with Gasteiger partial charge >= 0.3 is 5.97 Å². The summed E-state index contributed by atoms with van der Waals surface area (Å²) in [5.41, 5.74) is 3.63. The zero-order valence-corrected chi connectivity index (χ0v) is 14.7. The fourth-order valence-electron chi connectivity index (χ4n) is 1.92.